The first-order valence-electron chi connectivity index (χ1n) is 12.3. The van der Waals surface area contributed by atoms with Crippen LogP contribution in [0.15, 0.2) is 29.2 Å². The summed E-state index contributed by atoms with van der Waals surface area (Å²) in [5.74, 6) is 0.379. The molecule has 0 radical (unpaired) electrons. The van der Waals surface area contributed by atoms with Crippen LogP contribution in [-0.4, -0.2) is 112 Å². The van der Waals surface area contributed by atoms with Gasteiger partial charge in [0.25, 0.3) is 0 Å². The Morgan fingerprint density at radius 1 is 1.00 bits per heavy atom. The molecule has 2 aliphatic rings. The molecule has 0 aliphatic carbocycles. The lowest BCUT2D eigenvalue weighted by molar-refractivity contribution is -0.131. The lowest BCUT2D eigenvalue weighted by Gasteiger charge is -2.33. The molecule has 186 valence electrons. The number of carbonyl (C=O) groups is 1. The van der Waals surface area contributed by atoms with Crippen LogP contribution in [0.25, 0.3) is 0 Å². The summed E-state index contributed by atoms with van der Waals surface area (Å²) in [6.45, 7) is 12.8. The maximum Gasteiger partial charge on any atom is 0.243 e. The van der Waals surface area contributed by atoms with Gasteiger partial charge in [-0.2, -0.15) is 4.31 Å². The number of carbonyl (C=O) groups excluding carboxylic acids is 1. The summed E-state index contributed by atoms with van der Waals surface area (Å²) in [6, 6.07) is 7.20. The number of hydrogen-bond acceptors (Lipinski definition) is 6. The molecule has 33 heavy (non-hydrogen) atoms. The number of hydrogen-bond donors (Lipinski definition) is 1. The Bertz CT molecular complexity index is 845. The Kier molecular flexibility index (Phi) is 9.69. The summed E-state index contributed by atoms with van der Waals surface area (Å²) in [6.07, 6.45) is 0.979. The van der Waals surface area contributed by atoms with Gasteiger partial charge in [-0.05, 0) is 43.6 Å². The van der Waals surface area contributed by atoms with E-state index in [0.717, 1.165) is 57.8 Å². The standard InChI is InChI=1S/C24H41N5O3S/c1-21(2)22-5-7-23(8-6-22)33(31,32)29(13-4-12-27-19-17-26(3)18-20-27)14-9-24(30)28-15-10-25-11-16-28/h5-8,21,25H,4,9-20H2,1-3H3. The van der Waals surface area contributed by atoms with E-state index in [1.165, 1.54) is 4.31 Å². The lowest BCUT2D eigenvalue weighted by Crippen LogP contribution is -2.47. The van der Waals surface area contributed by atoms with E-state index in [1.807, 2.05) is 17.0 Å². The molecule has 2 heterocycles. The highest BCUT2D eigenvalue weighted by atomic mass is 32.2. The smallest absolute Gasteiger partial charge is 0.243 e. The van der Waals surface area contributed by atoms with Gasteiger partial charge in [0.1, 0.15) is 0 Å². The third kappa shape index (κ3) is 7.48. The first kappa shape index (κ1) is 26.1. The number of benzene rings is 1. The predicted octanol–water partition coefficient (Wildman–Crippen LogP) is 1.26. The maximum atomic E-state index is 13.5. The lowest BCUT2D eigenvalue weighted by atomic mass is 10.0. The van der Waals surface area contributed by atoms with Gasteiger partial charge in [-0.3, -0.25) is 4.79 Å². The summed E-state index contributed by atoms with van der Waals surface area (Å²) in [5.41, 5.74) is 1.12. The van der Waals surface area contributed by atoms with E-state index in [-0.39, 0.29) is 18.9 Å². The molecule has 2 saturated heterocycles. The van der Waals surface area contributed by atoms with Crippen molar-refractivity contribution in [2.75, 3.05) is 79.0 Å². The summed E-state index contributed by atoms with van der Waals surface area (Å²) in [7, 11) is -1.53. The van der Waals surface area contributed by atoms with E-state index in [2.05, 4.69) is 36.0 Å². The molecule has 8 nitrogen and oxygen atoms in total. The third-order valence-corrected chi connectivity index (χ3v) is 8.62. The summed E-state index contributed by atoms with van der Waals surface area (Å²) in [4.78, 5) is 19.6. The van der Waals surface area contributed by atoms with E-state index in [1.54, 1.807) is 12.1 Å². The second kappa shape index (κ2) is 12.3. The molecule has 3 rings (SSSR count). The van der Waals surface area contributed by atoms with Crippen LogP contribution < -0.4 is 5.32 Å². The Balaban J connectivity index is 1.65. The Morgan fingerprint density at radius 3 is 2.24 bits per heavy atom. The van der Waals surface area contributed by atoms with Gasteiger partial charge in [-0.25, -0.2) is 8.42 Å². The van der Waals surface area contributed by atoms with Crippen LogP contribution >= 0.6 is 0 Å². The molecule has 0 bridgehead atoms. The number of sulfonamides is 1. The minimum Gasteiger partial charge on any atom is -0.340 e. The van der Waals surface area contributed by atoms with Crippen LogP contribution in [-0.2, 0) is 14.8 Å². The molecular weight excluding hydrogens is 438 g/mol. The van der Waals surface area contributed by atoms with Crippen molar-refractivity contribution in [2.45, 2.75) is 37.5 Å². The molecule has 0 aromatic heterocycles. The van der Waals surface area contributed by atoms with E-state index < -0.39 is 10.0 Å². The van der Waals surface area contributed by atoms with Crippen molar-refractivity contribution < 1.29 is 13.2 Å². The normalized spacial score (nSPS) is 18.9. The fourth-order valence-electron chi connectivity index (χ4n) is 4.36. The van der Waals surface area contributed by atoms with Crippen LogP contribution in [0.4, 0.5) is 0 Å². The SMILES string of the molecule is CC(C)c1ccc(S(=O)(=O)N(CCCN2CCN(C)CC2)CCC(=O)N2CCNCC2)cc1. The van der Waals surface area contributed by atoms with E-state index in [0.29, 0.717) is 30.4 Å². The fourth-order valence-corrected chi connectivity index (χ4v) is 5.84. The average Bonchev–Trinajstić information content (AvgIpc) is 2.82. The van der Waals surface area contributed by atoms with Crippen LogP contribution in [0.1, 0.15) is 38.2 Å². The molecule has 1 aromatic carbocycles. The first-order chi connectivity index (χ1) is 15.8. The minimum absolute atomic E-state index is 0.0333. The van der Waals surface area contributed by atoms with Gasteiger partial charge in [0.2, 0.25) is 15.9 Å². The van der Waals surface area contributed by atoms with Crippen LogP contribution in [0.5, 0.6) is 0 Å². The number of nitrogens with one attached hydrogen (secondary N) is 1. The number of nitrogens with zero attached hydrogens (tertiary/aromatic N) is 4. The maximum absolute atomic E-state index is 13.5. The summed E-state index contributed by atoms with van der Waals surface area (Å²) < 4.78 is 28.5. The minimum atomic E-state index is -3.66. The Morgan fingerprint density at radius 2 is 1.64 bits per heavy atom. The zero-order chi connectivity index (χ0) is 23.8. The van der Waals surface area contributed by atoms with E-state index >= 15 is 0 Å². The average molecular weight is 480 g/mol. The fraction of sp³-hybridized carbons (Fsp3) is 0.708. The van der Waals surface area contributed by atoms with Crippen molar-refractivity contribution in [2.24, 2.45) is 0 Å². The molecule has 0 spiro atoms. The first-order valence-corrected chi connectivity index (χ1v) is 13.7. The molecule has 2 aliphatic heterocycles. The molecule has 0 unspecified atom stereocenters. The quantitative estimate of drug-likeness (QED) is 0.545. The molecule has 9 heteroatoms. The van der Waals surface area contributed by atoms with Gasteiger partial charge in [-0.15, -0.1) is 0 Å². The Labute approximate surface area is 200 Å². The molecule has 0 saturated carbocycles. The van der Waals surface area contributed by atoms with Crippen molar-refractivity contribution in [3.05, 3.63) is 29.8 Å². The molecule has 0 atom stereocenters. The van der Waals surface area contributed by atoms with Gasteiger partial charge in [0.05, 0.1) is 4.90 Å². The molecule has 1 N–H and O–H groups in total. The van der Waals surface area contributed by atoms with Gasteiger partial charge in [-0.1, -0.05) is 26.0 Å². The third-order valence-electron chi connectivity index (χ3n) is 6.71. The van der Waals surface area contributed by atoms with Crippen LogP contribution in [0.3, 0.4) is 0 Å². The zero-order valence-electron chi connectivity index (χ0n) is 20.5. The molecule has 1 aromatic rings. The predicted molar refractivity (Wildman–Crippen MR) is 132 cm³/mol. The van der Waals surface area contributed by atoms with Crippen molar-refractivity contribution in [1.29, 1.82) is 0 Å². The van der Waals surface area contributed by atoms with Crippen molar-refractivity contribution in [1.82, 2.24) is 24.3 Å². The number of rotatable bonds is 10. The molecule has 1 amide bonds. The number of piperazine rings is 2. The van der Waals surface area contributed by atoms with Crippen LogP contribution in [0, 0.1) is 0 Å². The zero-order valence-corrected chi connectivity index (χ0v) is 21.3. The van der Waals surface area contributed by atoms with Crippen molar-refractivity contribution >= 4 is 15.9 Å². The highest BCUT2D eigenvalue weighted by Crippen LogP contribution is 2.21. The highest BCUT2D eigenvalue weighted by Gasteiger charge is 2.26. The number of amides is 1. The topological polar surface area (TPSA) is 76.2 Å². The Hall–Kier alpha value is -1.52. The highest BCUT2D eigenvalue weighted by molar-refractivity contribution is 7.89. The molecular formula is C24H41N5O3S. The number of likely N-dealkylation sites (N-methyl/N-ethyl adjacent to an activating group) is 1. The van der Waals surface area contributed by atoms with Gasteiger partial charge in [0.15, 0.2) is 0 Å². The summed E-state index contributed by atoms with van der Waals surface area (Å²) in [5, 5.41) is 3.25. The van der Waals surface area contributed by atoms with Gasteiger partial charge < -0.3 is 20.0 Å². The summed E-state index contributed by atoms with van der Waals surface area (Å²) >= 11 is 0. The second-order valence-electron chi connectivity index (χ2n) is 9.51. The largest absolute Gasteiger partial charge is 0.340 e. The van der Waals surface area contributed by atoms with E-state index in [9.17, 15) is 13.2 Å². The van der Waals surface area contributed by atoms with Gasteiger partial charge in [0, 0.05) is 71.9 Å². The molecule has 2 fully saturated rings. The van der Waals surface area contributed by atoms with E-state index in [4.69, 9.17) is 0 Å². The van der Waals surface area contributed by atoms with Crippen molar-refractivity contribution in [3.8, 4) is 0 Å². The van der Waals surface area contributed by atoms with Gasteiger partial charge >= 0.3 is 0 Å². The van der Waals surface area contributed by atoms with Crippen molar-refractivity contribution in [3.63, 3.8) is 0 Å². The second-order valence-corrected chi connectivity index (χ2v) is 11.4. The monoisotopic (exact) mass is 479 g/mol. The van der Waals surface area contributed by atoms with Crippen LogP contribution in [0.2, 0.25) is 0 Å².